The number of thioether (sulfide) groups is 1. The van der Waals surface area contributed by atoms with Crippen LogP contribution in [0.1, 0.15) is 12.0 Å². The second-order valence-electron chi connectivity index (χ2n) is 5.92. The summed E-state index contributed by atoms with van der Waals surface area (Å²) in [5, 5.41) is 11.6. The third-order valence-corrected chi connectivity index (χ3v) is 5.20. The average Bonchev–Trinajstić information content (AvgIpc) is 3.22. The second-order valence-corrected chi connectivity index (χ2v) is 7.09. The van der Waals surface area contributed by atoms with Gasteiger partial charge in [-0.05, 0) is 41.6 Å². The molecule has 0 spiro atoms. The third-order valence-electron chi connectivity index (χ3n) is 4.09. The number of para-hydroxylation sites is 1. The number of imide groups is 1. The zero-order valence-corrected chi connectivity index (χ0v) is 14.8. The number of rotatable bonds is 4. The van der Waals surface area contributed by atoms with Crippen LogP contribution in [0.25, 0.3) is 5.69 Å². The van der Waals surface area contributed by atoms with Gasteiger partial charge >= 0.3 is 0 Å². The monoisotopic (exact) mass is 365 g/mol. The van der Waals surface area contributed by atoms with E-state index in [0.717, 1.165) is 11.3 Å². The van der Waals surface area contributed by atoms with Crippen LogP contribution in [0.15, 0.2) is 59.8 Å². The molecule has 1 aliphatic heterocycles. The highest BCUT2D eigenvalue weighted by Gasteiger charge is 2.41. The van der Waals surface area contributed by atoms with Crippen LogP contribution in [0.5, 0.6) is 0 Å². The summed E-state index contributed by atoms with van der Waals surface area (Å²) < 4.78 is 1.57. The number of amides is 2. The number of benzene rings is 2. The van der Waals surface area contributed by atoms with Crippen LogP contribution in [0.4, 0.5) is 5.69 Å². The number of carbonyl (C=O) groups excluding carboxylic acids is 2. The van der Waals surface area contributed by atoms with Gasteiger partial charge < -0.3 is 0 Å². The van der Waals surface area contributed by atoms with E-state index in [1.54, 1.807) is 16.8 Å². The summed E-state index contributed by atoms with van der Waals surface area (Å²) in [6.07, 6.45) is 0.124. The number of tetrazole rings is 1. The molecule has 0 saturated carbocycles. The van der Waals surface area contributed by atoms with Gasteiger partial charge in [-0.25, -0.2) is 4.90 Å². The van der Waals surface area contributed by atoms with Crippen LogP contribution in [0, 0.1) is 6.92 Å². The number of aromatic nitrogens is 4. The Morgan fingerprint density at radius 3 is 2.46 bits per heavy atom. The quantitative estimate of drug-likeness (QED) is 0.661. The van der Waals surface area contributed by atoms with Crippen molar-refractivity contribution in [2.24, 2.45) is 0 Å². The van der Waals surface area contributed by atoms with Crippen LogP contribution < -0.4 is 4.90 Å². The van der Waals surface area contributed by atoms with Gasteiger partial charge in [0.25, 0.3) is 0 Å². The van der Waals surface area contributed by atoms with Crippen molar-refractivity contribution in [2.45, 2.75) is 23.8 Å². The molecule has 2 amide bonds. The highest BCUT2D eigenvalue weighted by Crippen LogP contribution is 2.33. The van der Waals surface area contributed by atoms with Crippen molar-refractivity contribution in [3.8, 4) is 5.69 Å². The Kier molecular flexibility index (Phi) is 4.26. The molecule has 8 heteroatoms. The molecular formula is C18H15N5O2S. The number of hydrogen-bond acceptors (Lipinski definition) is 6. The van der Waals surface area contributed by atoms with E-state index in [0.29, 0.717) is 10.8 Å². The van der Waals surface area contributed by atoms with E-state index in [-0.39, 0.29) is 18.2 Å². The molecule has 130 valence electrons. The van der Waals surface area contributed by atoms with Crippen LogP contribution in [0.2, 0.25) is 0 Å². The maximum atomic E-state index is 12.8. The fraction of sp³-hybridized carbons (Fsp3) is 0.167. The maximum Gasteiger partial charge on any atom is 0.247 e. The molecular weight excluding hydrogens is 350 g/mol. The molecule has 1 fully saturated rings. The first-order chi connectivity index (χ1) is 12.6. The number of hydrogen-bond donors (Lipinski definition) is 0. The van der Waals surface area contributed by atoms with Gasteiger partial charge in [-0.2, -0.15) is 4.68 Å². The van der Waals surface area contributed by atoms with Crippen LogP contribution in [0.3, 0.4) is 0 Å². The molecule has 3 aromatic rings. The van der Waals surface area contributed by atoms with E-state index in [1.165, 1.54) is 16.7 Å². The molecule has 0 radical (unpaired) electrons. The minimum atomic E-state index is -0.544. The van der Waals surface area contributed by atoms with E-state index in [9.17, 15) is 9.59 Å². The second kappa shape index (κ2) is 6.72. The molecule has 0 bridgehead atoms. The molecule has 1 saturated heterocycles. The number of carbonyl (C=O) groups is 2. The summed E-state index contributed by atoms with van der Waals surface area (Å²) >= 11 is 1.21. The summed E-state index contributed by atoms with van der Waals surface area (Å²) in [7, 11) is 0. The Hall–Kier alpha value is -3.00. The molecule has 26 heavy (non-hydrogen) atoms. The molecule has 7 nitrogen and oxygen atoms in total. The molecule has 1 aliphatic rings. The Morgan fingerprint density at radius 2 is 1.73 bits per heavy atom. The predicted octanol–water partition coefficient (Wildman–Crippen LogP) is 2.39. The molecule has 2 heterocycles. The number of nitrogens with zero attached hydrogens (tertiary/aromatic N) is 5. The summed E-state index contributed by atoms with van der Waals surface area (Å²) in [6, 6.07) is 16.8. The highest BCUT2D eigenvalue weighted by atomic mass is 32.2. The van der Waals surface area contributed by atoms with Crippen LogP contribution in [-0.4, -0.2) is 37.3 Å². The molecule has 0 unspecified atom stereocenters. The molecule has 0 aliphatic carbocycles. The van der Waals surface area contributed by atoms with E-state index in [2.05, 4.69) is 15.5 Å². The lowest BCUT2D eigenvalue weighted by Crippen LogP contribution is -2.31. The van der Waals surface area contributed by atoms with Gasteiger partial charge in [0.15, 0.2) is 0 Å². The van der Waals surface area contributed by atoms with Gasteiger partial charge in [0, 0.05) is 6.42 Å². The Morgan fingerprint density at radius 1 is 1.00 bits per heavy atom. The lowest BCUT2D eigenvalue weighted by Gasteiger charge is -2.15. The summed E-state index contributed by atoms with van der Waals surface area (Å²) in [4.78, 5) is 26.4. The standard InChI is InChI=1S/C18H15N5O2S/c1-12-7-9-13(10-8-12)22-16(24)11-15(17(22)25)26-18-19-20-21-23(18)14-5-3-2-4-6-14/h2-10,15H,11H2,1H3/t15-/m1/s1. The first kappa shape index (κ1) is 16.5. The third kappa shape index (κ3) is 2.99. The van der Waals surface area contributed by atoms with Crippen molar-refractivity contribution in [1.29, 1.82) is 0 Å². The van der Waals surface area contributed by atoms with Gasteiger partial charge in [0.05, 0.1) is 11.4 Å². The number of aryl methyl sites for hydroxylation is 1. The van der Waals surface area contributed by atoms with E-state index in [1.807, 2.05) is 49.4 Å². The lowest BCUT2D eigenvalue weighted by molar-refractivity contribution is -0.121. The first-order valence-corrected chi connectivity index (χ1v) is 8.95. The van der Waals surface area contributed by atoms with Gasteiger partial charge in [0.2, 0.25) is 17.0 Å². The Labute approximate surface area is 154 Å². The van der Waals surface area contributed by atoms with E-state index >= 15 is 0 Å². The van der Waals surface area contributed by atoms with Gasteiger partial charge in [-0.3, -0.25) is 9.59 Å². The smallest absolute Gasteiger partial charge is 0.247 e. The van der Waals surface area contributed by atoms with Crippen molar-refractivity contribution < 1.29 is 9.59 Å². The van der Waals surface area contributed by atoms with Crippen molar-refractivity contribution in [3.05, 3.63) is 60.2 Å². The van der Waals surface area contributed by atoms with Crippen molar-refractivity contribution >= 4 is 29.3 Å². The molecule has 2 aromatic carbocycles. The van der Waals surface area contributed by atoms with E-state index < -0.39 is 5.25 Å². The normalized spacial score (nSPS) is 17.1. The van der Waals surface area contributed by atoms with Gasteiger partial charge in [0.1, 0.15) is 5.25 Å². The molecule has 4 rings (SSSR count). The largest absolute Gasteiger partial charge is 0.274 e. The molecule has 1 aromatic heterocycles. The summed E-state index contributed by atoms with van der Waals surface area (Å²) in [5.41, 5.74) is 2.46. The minimum Gasteiger partial charge on any atom is -0.274 e. The highest BCUT2D eigenvalue weighted by molar-refractivity contribution is 8.00. The topological polar surface area (TPSA) is 81.0 Å². The Balaban J connectivity index is 1.57. The minimum absolute atomic E-state index is 0.124. The average molecular weight is 365 g/mol. The molecule has 1 atom stereocenters. The Bertz CT molecular complexity index is 955. The van der Waals surface area contributed by atoms with Crippen molar-refractivity contribution in [3.63, 3.8) is 0 Å². The zero-order valence-electron chi connectivity index (χ0n) is 13.9. The zero-order chi connectivity index (χ0) is 18.1. The van der Waals surface area contributed by atoms with Crippen LogP contribution >= 0.6 is 11.8 Å². The fourth-order valence-corrected chi connectivity index (χ4v) is 3.78. The molecule has 0 N–H and O–H groups in total. The van der Waals surface area contributed by atoms with Crippen molar-refractivity contribution in [1.82, 2.24) is 20.2 Å². The maximum absolute atomic E-state index is 12.8. The summed E-state index contributed by atoms with van der Waals surface area (Å²) in [6.45, 7) is 1.96. The predicted molar refractivity (Wildman–Crippen MR) is 97.1 cm³/mol. The van der Waals surface area contributed by atoms with Crippen molar-refractivity contribution in [2.75, 3.05) is 4.90 Å². The SMILES string of the molecule is Cc1ccc(N2C(=O)C[C@@H](Sc3nnnn3-c3ccccc3)C2=O)cc1. The van der Waals surface area contributed by atoms with Gasteiger partial charge in [-0.1, -0.05) is 47.7 Å². The first-order valence-electron chi connectivity index (χ1n) is 8.07. The summed E-state index contributed by atoms with van der Waals surface area (Å²) in [5.74, 6) is -0.457. The number of anilines is 1. The lowest BCUT2D eigenvalue weighted by atomic mass is 10.2. The van der Waals surface area contributed by atoms with Crippen LogP contribution in [-0.2, 0) is 9.59 Å². The fourth-order valence-electron chi connectivity index (χ4n) is 2.77. The van der Waals surface area contributed by atoms with E-state index in [4.69, 9.17) is 0 Å². The van der Waals surface area contributed by atoms with Gasteiger partial charge in [-0.15, -0.1) is 5.10 Å².